The van der Waals surface area contributed by atoms with Gasteiger partial charge in [-0.1, -0.05) is 12.8 Å². The molecule has 1 aliphatic carbocycles. The van der Waals surface area contributed by atoms with Crippen LogP contribution in [0, 0.1) is 0 Å². The molecule has 2 fully saturated rings. The van der Waals surface area contributed by atoms with E-state index in [0.717, 1.165) is 6.54 Å². The number of nitrogens with zero attached hydrogens (tertiary/aromatic N) is 1. The third-order valence-electron chi connectivity index (χ3n) is 3.49. The van der Waals surface area contributed by atoms with Crippen molar-refractivity contribution in [3.8, 4) is 0 Å². The fourth-order valence-corrected chi connectivity index (χ4v) is 2.27. The fourth-order valence-electron chi connectivity index (χ4n) is 2.27. The predicted molar refractivity (Wildman–Crippen MR) is 60.7 cm³/mol. The van der Waals surface area contributed by atoms with E-state index in [1.807, 2.05) is 0 Å². The van der Waals surface area contributed by atoms with E-state index in [4.69, 9.17) is 0 Å². The molecule has 3 nitrogen and oxygen atoms in total. The number of hydrogen-bond donors (Lipinski definition) is 1. The van der Waals surface area contributed by atoms with Crippen molar-refractivity contribution in [3.05, 3.63) is 0 Å². The van der Waals surface area contributed by atoms with Crippen LogP contribution in [0.3, 0.4) is 0 Å². The number of carbonyl (C=O) groups excluding carboxylic acids is 1. The Balaban J connectivity index is 1.79. The second-order valence-corrected chi connectivity index (χ2v) is 4.94. The van der Waals surface area contributed by atoms with Crippen LogP contribution in [0.2, 0.25) is 0 Å². The average Bonchev–Trinajstić information content (AvgIpc) is 3.02. The van der Waals surface area contributed by atoms with Gasteiger partial charge in [-0.2, -0.15) is 0 Å². The first-order valence-electron chi connectivity index (χ1n) is 6.30. The minimum Gasteiger partial charge on any atom is -0.339 e. The Kier molecular flexibility index (Phi) is 3.62. The zero-order chi connectivity index (χ0) is 10.7. The Labute approximate surface area is 92.2 Å². The van der Waals surface area contributed by atoms with E-state index in [1.54, 1.807) is 0 Å². The summed E-state index contributed by atoms with van der Waals surface area (Å²) in [6.45, 7) is 3.70. The zero-order valence-corrected chi connectivity index (χ0v) is 9.67. The van der Waals surface area contributed by atoms with Crippen LogP contribution in [0.15, 0.2) is 0 Å². The number of nitrogens with one attached hydrogen (secondary N) is 1. The maximum Gasteiger partial charge on any atom is 0.236 e. The molecular weight excluding hydrogens is 188 g/mol. The molecule has 3 heteroatoms. The Morgan fingerprint density at radius 2 is 2.07 bits per heavy atom. The van der Waals surface area contributed by atoms with Gasteiger partial charge in [0.1, 0.15) is 0 Å². The van der Waals surface area contributed by atoms with E-state index >= 15 is 0 Å². The molecule has 1 amide bonds. The molecule has 1 atom stereocenters. The molecule has 0 spiro atoms. The van der Waals surface area contributed by atoms with Crippen molar-refractivity contribution in [2.75, 3.05) is 13.1 Å². The number of likely N-dealkylation sites (tertiary alicyclic amines) is 1. The van der Waals surface area contributed by atoms with Gasteiger partial charge in [-0.25, -0.2) is 0 Å². The Morgan fingerprint density at radius 1 is 1.27 bits per heavy atom. The van der Waals surface area contributed by atoms with Crippen molar-refractivity contribution < 1.29 is 4.79 Å². The summed E-state index contributed by atoms with van der Waals surface area (Å²) >= 11 is 0. The van der Waals surface area contributed by atoms with E-state index in [2.05, 4.69) is 17.1 Å². The van der Waals surface area contributed by atoms with Crippen LogP contribution in [0.1, 0.15) is 45.4 Å². The zero-order valence-electron chi connectivity index (χ0n) is 9.67. The van der Waals surface area contributed by atoms with Crippen molar-refractivity contribution in [1.82, 2.24) is 10.2 Å². The molecule has 1 saturated heterocycles. The predicted octanol–water partition coefficient (Wildman–Crippen LogP) is 1.53. The van der Waals surface area contributed by atoms with E-state index in [9.17, 15) is 4.79 Å². The van der Waals surface area contributed by atoms with Crippen LogP contribution in [0.4, 0.5) is 0 Å². The number of amides is 1. The lowest BCUT2D eigenvalue weighted by atomic mass is 10.1. The topological polar surface area (TPSA) is 32.3 Å². The van der Waals surface area contributed by atoms with Crippen LogP contribution in [0.5, 0.6) is 0 Å². The summed E-state index contributed by atoms with van der Waals surface area (Å²) in [4.78, 5) is 14.0. The molecule has 0 aromatic rings. The highest BCUT2D eigenvalue weighted by atomic mass is 16.2. The largest absolute Gasteiger partial charge is 0.339 e. The molecule has 0 aromatic heterocycles. The minimum absolute atomic E-state index is 0.302. The second-order valence-electron chi connectivity index (χ2n) is 4.94. The summed E-state index contributed by atoms with van der Waals surface area (Å²) in [5.41, 5.74) is 0. The summed E-state index contributed by atoms with van der Waals surface area (Å²) in [6.07, 6.45) is 7.42. The average molecular weight is 210 g/mol. The van der Waals surface area contributed by atoms with Gasteiger partial charge < -0.3 is 10.2 Å². The van der Waals surface area contributed by atoms with Crippen molar-refractivity contribution in [2.24, 2.45) is 0 Å². The van der Waals surface area contributed by atoms with Crippen LogP contribution in [-0.2, 0) is 4.79 Å². The molecule has 1 aliphatic heterocycles. The SMILES string of the molecule is CC1CCCCCN1C(=O)CNC1CC1. The third kappa shape index (κ3) is 3.20. The Hall–Kier alpha value is -0.570. The molecular formula is C12H22N2O. The lowest BCUT2D eigenvalue weighted by molar-refractivity contribution is -0.132. The minimum atomic E-state index is 0.302. The highest BCUT2D eigenvalue weighted by molar-refractivity contribution is 5.78. The van der Waals surface area contributed by atoms with Crippen LogP contribution < -0.4 is 5.32 Å². The molecule has 0 aromatic carbocycles. The molecule has 2 aliphatic rings. The molecule has 15 heavy (non-hydrogen) atoms. The number of carbonyl (C=O) groups is 1. The molecule has 1 unspecified atom stereocenters. The van der Waals surface area contributed by atoms with E-state index in [-0.39, 0.29) is 0 Å². The van der Waals surface area contributed by atoms with Crippen molar-refractivity contribution in [2.45, 2.75) is 57.5 Å². The van der Waals surface area contributed by atoms with E-state index in [0.29, 0.717) is 24.5 Å². The second kappa shape index (κ2) is 4.97. The molecule has 1 saturated carbocycles. The molecule has 1 N–H and O–H groups in total. The molecule has 0 bridgehead atoms. The summed E-state index contributed by atoms with van der Waals surface area (Å²) in [6, 6.07) is 1.08. The first-order valence-corrected chi connectivity index (χ1v) is 6.30. The summed E-state index contributed by atoms with van der Waals surface area (Å²) in [5.74, 6) is 0.302. The standard InChI is InChI=1S/C12H22N2O/c1-10-5-3-2-4-8-14(10)12(15)9-13-11-6-7-11/h10-11,13H,2-9H2,1H3. The summed E-state index contributed by atoms with van der Waals surface area (Å²) < 4.78 is 0. The summed E-state index contributed by atoms with van der Waals surface area (Å²) in [5, 5.41) is 3.30. The fraction of sp³-hybridized carbons (Fsp3) is 0.917. The van der Waals surface area contributed by atoms with Gasteiger partial charge >= 0.3 is 0 Å². The molecule has 2 rings (SSSR count). The quantitative estimate of drug-likeness (QED) is 0.766. The van der Waals surface area contributed by atoms with Gasteiger partial charge in [0.25, 0.3) is 0 Å². The van der Waals surface area contributed by atoms with Crippen LogP contribution >= 0.6 is 0 Å². The number of rotatable bonds is 3. The molecule has 86 valence electrons. The maximum absolute atomic E-state index is 12.0. The lowest BCUT2D eigenvalue weighted by Gasteiger charge is -2.27. The van der Waals surface area contributed by atoms with Gasteiger partial charge in [-0.3, -0.25) is 4.79 Å². The molecule has 1 heterocycles. The van der Waals surface area contributed by atoms with Gasteiger partial charge in [0.05, 0.1) is 6.54 Å². The van der Waals surface area contributed by atoms with Gasteiger partial charge in [0.15, 0.2) is 0 Å². The first kappa shape index (κ1) is 10.9. The first-order chi connectivity index (χ1) is 7.27. The smallest absolute Gasteiger partial charge is 0.236 e. The van der Waals surface area contributed by atoms with Crippen molar-refractivity contribution in [1.29, 1.82) is 0 Å². The maximum atomic E-state index is 12.0. The van der Waals surface area contributed by atoms with Crippen LogP contribution in [-0.4, -0.2) is 36.0 Å². The van der Waals surface area contributed by atoms with Crippen LogP contribution in [0.25, 0.3) is 0 Å². The van der Waals surface area contributed by atoms with E-state index in [1.165, 1.54) is 38.5 Å². The Bertz CT molecular complexity index is 226. The highest BCUT2D eigenvalue weighted by Gasteiger charge is 2.25. The number of hydrogen-bond acceptors (Lipinski definition) is 2. The van der Waals surface area contributed by atoms with Gasteiger partial charge in [0.2, 0.25) is 5.91 Å². The highest BCUT2D eigenvalue weighted by Crippen LogP contribution is 2.19. The third-order valence-corrected chi connectivity index (χ3v) is 3.49. The monoisotopic (exact) mass is 210 g/mol. The van der Waals surface area contributed by atoms with Crippen molar-refractivity contribution in [3.63, 3.8) is 0 Å². The van der Waals surface area contributed by atoms with Gasteiger partial charge in [0, 0.05) is 18.6 Å². The van der Waals surface area contributed by atoms with E-state index < -0.39 is 0 Å². The lowest BCUT2D eigenvalue weighted by Crippen LogP contribution is -2.43. The molecule has 0 radical (unpaired) electrons. The van der Waals surface area contributed by atoms with Gasteiger partial charge in [-0.15, -0.1) is 0 Å². The normalized spacial score (nSPS) is 27.5. The van der Waals surface area contributed by atoms with Gasteiger partial charge in [-0.05, 0) is 32.6 Å². The Morgan fingerprint density at radius 3 is 2.80 bits per heavy atom. The summed E-state index contributed by atoms with van der Waals surface area (Å²) in [7, 11) is 0. The van der Waals surface area contributed by atoms with Crippen molar-refractivity contribution >= 4 is 5.91 Å².